The standard InChI is InChI=1S/C19H13FO3/c1-12(21)13-2-4-14(5-3-13)17-10-11-18(23-17)19(22)15-6-8-16(20)9-7-15/h2-11H,1H3. The van der Waals surface area contributed by atoms with E-state index >= 15 is 0 Å². The topological polar surface area (TPSA) is 47.3 Å². The van der Waals surface area contributed by atoms with E-state index in [4.69, 9.17) is 4.42 Å². The van der Waals surface area contributed by atoms with Crippen LogP contribution < -0.4 is 0 Å². The van der Waals surface area contributed by atoms with Gasteiger partial charge in [-0.15, -0.1) is 0 Å². The molecule has 0 aliphatic heterocycles. The molecule has 0 aliphatic rings. The molecular formula is C19H13FO3. The van der Waals surface area contributed by atoms with Crippen LogP contribution in [0.1, 0.15) is 33.4 Å². The Kier molecular flexibility index (Phi) is 3.89. The van der Waals surface area contributed by atoms with Crippen LogP contribution in [0.3, 0.4) is 0 Å². The third kappa shape index (κ3) is 3.11. The molecule has 0 bridgehead atoms. The molecule has 4 heteroatoms. The second-order valence-electron chi connectivity index (χ2n) is 5.13. The van der Waals surface area contributed by atoms with Gasteiger partial charge in [-0.25, -0.2) is 4.39 Å². The van der Waals surface area contributed by atoms with Crippen molar-refractivity contribution in [3.05, 3.63) is 83.4 Å². The summed E-state index contributed by atoms with van der Waals surface area (Å²) in [6.07, 6.45) is 0. The molecule has 0 spiro atoms. The first-order valence-electron chi connectivity index (χ1n) is 7.06. The molecule has 0 amide bonds. The highest BCUT2D eigenvalue weighted by Crippen LogP contribution is 2.24. The van der Waals surface area contributed by atoms with Crippen molar-refractivity contribution < 1.29 is 18.4 Å². The predicted octanol–water partition coefficient (Wildman–Crippen LogP) is 4.52. The van der Waals surface area contributed by atoms with Crippen LogP contribution >= 0.6 is 0 Å². The van der Waals surface area contributed by atoms with E-state index in [1.54, 1.807) is 36.4 Å². The van der Waals surface area contributed by atoms with Gasteiger partial charge >= 0.3 is 0 Å². The predicted molar refractivity (Wildman–Crippen MR) is 84.0 cm³/mol. The molecule has 2 aromatic carbocycles. The van der Waals surface area contributed by atoms with E-state index in [1.165, 1.54) is 31.2 Å². The van der Waals surface area contributed by atoms with E-state index in [2.05, 4.69) is 0 Å². The van der Waals surface area contributed by atoms with Crippen molar-refractivity contribution in [3.63, 3.8) is 0 Å². The smallest absolute Gasteiger partial charge is 0.228 e. The van der Waals surface area contributed by atoms with Gasteiger partial charge in [-0.2, -0.15) is 0 Å². The van der Waals surface area contributed by atoms with Gasteiger partial charge < -0.3 is 4.42 Å². The highest BCUT2D eigenvalue weighted by atomic mass is 19.1. The molecule has 3 nitrogen and oxygen atoms in total. The summed E-state index contributed by atoms with van der Waals surface area (Å²) < 4.78 is 18.5. The summed E-state index contributed by atoms with van der Waals surface area (Å²) in [5.74, 6) is -0.000149. The first-order valence-corrected chi connectivity index (χ1v) is 7.06. The van der Waals surface area contributed by atoms with Gasteiger partial charge in [0.1, 0.15) is 11.6 Å². The van der Waals surface area contributed by atoms with Crippen molar-refractivity contribution in [2.75, 3.05) is 0 Å². The number of hydrogen-bond acceptors (Lipinski definition) is 3. The van der Waals surface area contributed by atoms with Crippen LogP contribution in [0.25, 0.3) is 11.3 Å². The van der Waals surface area contributed by atoms with Gasteiger partial charge in [0.15, 0.2) is 11.5 Å². The van der Waals surface area contributed by atoms with Crippen LogP contribution in [-0.4, -0.2) is 11.6 Å². The van der Waals surface area contributed by atoms with E-state index in [1.807, 2.05) is 0 Å². The first-order chi connectivity index (χ1) is 11.0. The number of rotatable bonds is 4. The van der Waals surface area contributed by atoms with Gasteiger partial charge in [0.05, 0.1) is 0 Å². The van der Waals surface area contributed by atoms with Crippen molar-refractivity contribution in [3.8, 4) is 11.3 Å². The maximum Gasteiger partial charge on any atom is 0.228 e. The molecule has 0 aliphatic carbocycles. The van der Waals surface area contributed by atoms with Crippen molar-refractivity contribution in [1.82, 2.24) is 0 Å². The fraction of sp³-hybridized carbons (Fsp3) is 0.0526. The molecule has 0 unspecified atom stereocenters. The van der Waals surface area contributed by atoms with E-state index in [-0.39, 0.29) is 17.3 Å². The zero-order valence-corrected chi connectivity index (χ0v) is 12.4. The lowest BCUT2D eigenvalue weighted by Gasteiger charge is -2.00. The molecule has 114 valence electrons. The highest BCUT2D eigenvalue weighted by Gasteiger charge is 2.14. The Morgan fingerprint density at radius 2 is 1.43 bits per heavy atom. The zero-order chi connectivity index (χ0) is 16.4. The molecule has 0 N–H and O–H groups in total. The minimum absolute atomic E-state index is 0.0110. The van der Waals surface area contributed by atoms with Crippen molar-refractivity contribution in [2.45, 2.75) is 6.92 Å². The fourth-order valence-corrected chi connectivity index (χ4v) is 2.23. The number of halogens is 1. The molecule has 3 aromatic rings. The molecule has 0 saturated carbocycles. The quantitative estimate of drug-likeness (QED) is 0.666. The van der Waals surface area contributed by atoms with Crippen LogP contribution in [0, 0.1) is 5.82 Å². The average molecular weight is 308 g/mol. The van der Waals surface area contributed by atoms with E-state index < -0.39 is 5.82 Å². The molecule has 0 atom stereocenters. The van der Waals surface area contributed by atoms with Crippen molar-refractivity contribution >= 4 is 11.6 Å². The third-order valence-corrected chi connectivity index (χ3v) is 3.51. The number of furan rings is 1. The number of Topliss-reactive ketones (excluding diaryl/α,β-unsaturated/α-hetero) is 1. The molecule has 0 saturated heterocycles. The minimum atomic E-state index is -0.396. The van der Waals surface area contributed by atoms with Gasteiger partial charge in [0.2, 0.25) is 5.78 Å². The largest absolute Gasteiger partial charge is 0.453 e. The Balaban J connectivity index is 1.86. The third-order valence-electron chi connectivity index (χ3n) is 3.51. The molecule has 1 heterocycles. The lowest BCUT2D eigenvalue weighted by molar-refractivity contribution is 0.100. The van der Waals surface area contributed by atoms with E-state index in [0.717, 1.165) is 5.56 Å². The summed E-state index contributed by atoms with van der Waals surface area (Å²) in [5.41, 5.74) is 1.75. The Morgan fingerprint density at radius 3 is 2.04 bits per heavy atom. The van der Waals surface area contributed by atoms with Crippen LogP contribution in [0.5, 0.6) is 0 Å². The summed E-state index contributed by atoms with van der Waals surface area (Å²) in [4.78, 5) is 23.6. The Labute approximate surface area is 132 Å². The first kappa shape index (κ1) is 14.9. The van der Waals surface area contributed by atoms with Crippen molar-refractivity contribution in [2.24, 2.45) is 0 Å². The molecule has 3 rings (SSSR count). The van der Waals surface area contributed by atoms with Gasteiger partial charge in [0, 0.05) is 16.7 Å². The Bertz CT molecular complexity index is 858. The SMILES string of the molecule is CC(=O)c1ccc(-c2ccc(C(=O)c3ccc(F)cc3)o2)cc1. The zero-order valence-electron chi connectivity index (χ0n) is 12.4. The number of benzene rings is 2. The fourth-order valence-electron chi connectivity index (χ4n) is 2.23. The summed E-state index contributed by atoms with van der Waals surface area (Å²) in [6, 6.07) is 15.5. The molecule has 23 heavy (non-hydrogen) atoms. The van der Waals surface area contributed by atoms with Crippen LogP contribution in [0.4, 0.5) is 4.39 Å². The monoisotopic (exact) mass is 308 g/mol. The van der Waals surface area contributed by atoms with Gasteiger partial charge in [-0.1, -0.05) is 24.3 Å². The molecule has 0 fully saturated rings. The number of carbonyl (C=O) groups excluding carboxylic acids is 2. The molecule has 0 radical (unpaired) electrons. The van der Waals surface area contributed by atoms with E-state index in [9.17, 15) is 14.0 Å². The van der Waals surface area contributed by atoms with Gasteiger partial charge in [-0.3, -0.25) is 9.59 Å². The molecular weight excluding hydrogens is 295 g/mol. The van der Waals surface area contributed by atoms with Crippen molar-refractivity contribution in [1.29, 1.82) is 0 Å². The summed E-state index contributed by atoms with van der Waals surface area (Å²) in [6.45, 7) is 1.50. The van der Waals surface area contributed by atoms with Crippen LogP contribution in [-0.2, 0) is 0 Å². The Morgan fingerprint density at radius 1 is 0.826 bits per heavy atom. The highest BCUT2D eigenvalue weighted by molar-refractivity contribution is 6.07. The van der Waals surface area contributed by atoms with Gasteiger partial charge in [0.25, 0.3) is 0 Å². The minimum Gasteiger partial charge on any atom is -0.453 e. The Hall–Kier alpha value is -3.01. The second kappa shape index (κ2) is 6.01. The van der Waals surface area contributed by atoms with Crippen LogP contribution in [0.15, 0.2) is 65.1 Å². The second-order valence-corrected chi connectivity index (χ2v) is 5.13. The number of ketones is 2. The maximum absolute atomic E-state index is 12.9. The lowest BCUT2D eigenvalue weighted by atomic mass is 10.1. The molecule has 1 aromatic heterocycles. The van der Waals surface area contributed by atoms with E-state index in [0.29, 0.717) is 16.9 Å². The number of hydrogen-bond donors (Lipinski definition) is 0. The van der Waals surface area contributed by atoms with Gasteiger partial charge in [-0.05, 0) is 43.3 Å². The maximum atomic E-state index is 12.9. The average Bonchev–Trinajstić information content (AvgIpc) is 3.05. The normalized spacial score (nSPS) is 10.5. The lowest BCUT2D eigenvalue weighted by Crippen LogP contribution is -1.99. The summed E-state index contributed by atoms with van der Waals surface area (Å²) >= 11 is 0. The summed E-state index contributed by atoms with van der Waals surface area (Å²) in [7, 11) is 0. The number of carbonyl (C=O) groups is 2. The van der Waals surface area contributed by atoms with Crippen LogP contribution in [0.2, 0.25) is 0 Å². The summed E-state index contributed by atoms with van der Waals surface area (Å²) in [5, 5.41) is 0.